The minimum Gasteiger partial charge on any atom is -0.353 e. The number of thiazole rings is 1. The Labute approximate surface area is 263 Å². The van der Waals surface area contributed by atoms with Crippen LogP contribution in [0.15, 0.2) is 11.6 Å². The standard InChI is InChI=1S/C31H48N6O6S/c1-16(2)19-11-13-37(22(19)26(40)34-20(15-18-9-10-18)23(38)27(41)32-8)29(42)25(31(5,6)7)36-30(43)35-21(17(3)4)24(39)28-33-12-14-44-28/h12,14,16-22,25H,9-11,13,15H2,1-8H3,(H,32,41)(H,34,40)(H2,35,36,43)/t19-,20?,21+,22+,25-/m1/s1. The highest BCUT2D eigenvalue weighted by Crippen LogP contribution is 2.35. The van der Waals surface area contributed by atoms with Crippen LogP contribution in [0.4, 0.5) is 4.79 Å². The highest BCUT2D eigenvalue weighted by molar-refractivity contribution is 7.11. The number of amides is 5. The predicted octanol–water partition coefficient (Wildman–Crippen LogP) is 2.54. The van der Waals surface area contributed by atoms with Crippen molar-refractivity contribution in [2.45, 2.75) is 98.3 Å². The molecule has 5 amide bonds. The Kier molecular flexibility index (Phi) is 11.7. The molecule has 2 aliphatic rings. The van der Waals surface area contributed by atoms with Gasteiger partial charge in [0.2, 0.25) is 23.4 Å². The number of hydrogen-bond acceptors (Lipinski definition) is 8. The van der Waals surface area contributed by atoms with Gasteiger partial charge in [0, 0.05) is 25.2 Å². The van der Waals surface area contributed by atoms with Crippen molar-refractivity contribution in [2.75, 3.05) is 13.6 Å². The lowest BCUT2D eigenvalue weighted by atomic mass is 9.84. The topological polar surface area (TPSA) is 167 Å². The largest absolute Gasteiger partial charge is 0.353 e. The first-order valence-corrected chi connectivity index (χ1v) is 16.3. The van der Waals surface area contributed by atoms with E-state index in [0.717, 1.165) is 12.8 Å². The van der Waals surface area contributed by atoms with Crippen LogP contribution in [0.2, 0.25) is 0 Å². The van der Waals surface area contributed by atoms with Gasteiger partial charge in [-0.1, -0.05) is 61.3 Å². The number of Topliss-reactive ketones (excluding diaryl/α,β-unsaturated/α-hetero) is 2. The van der Waals surface area contributed by atoms with Gasteiger partial charge in [0.15, 0.2) is 5.01 Å². The fourth-order valence-electron chi connectivity index (χ4n) is 5.70. The summed E-state index contributed by atoms with van der Waals surface area (Å²) in [6.45, 7) is 13.3. The maximum atomic E-state index is 14.2. The maximum Gasteiger partial charge on any atom is 0.316 e. The van der Waals surface area contributed by atoms with Gasteiger partial charge in [0.1, 0.15) is 12.1 Å². The van der Waals surface area contributed by atoms with E-state index >= 15 is 0 Å². The van der Waals surface area contributed by atoms with Crippen molar-refractivity contribution in [3.05, 3.63) is 16.6 Å². The highest BCUT2D eigenvalue weighted by Gasteiger charge is 2.48. The van der Waals surface area contributed by atoms with E-state index in [1.54, 1.807) is 5.38 Å². The number of nitrogens with one attached hydrogen (secondary N) is 4. The molecule has 0 spiro atoms. The van der Waals surface area contributed by atoms with Crippen molar-refractivity contribution in [3.63, 3.8) is 0 Å². The Morgan fingerprint density at radius 1 is 1.00 bits per heavy atom. The monoisotopic (exact) mass is 632 g/mol. The molecule has 0 bridgehead atoms. The van der Waals surface area contributed by atoms with Gasteiger partial charge < -0.3 is 26.2 Å². The second kappa shape index (κ2) is 14.6. The molecule has 1 saturated carbocycles. The van der Waals surface area contributed by atoms with E-state index in [1.807, 2.05) is 48.5 Å². The number of carbonyl (C=O) groups excluding carboxylic acids is 6. The van der Waals surface area contributed by atoms with Gasteiger partial charge in [0.05, 0.1) is 12.1 Å². The normalized spacial score (nSPS) is 20.5. The third-order valence-electron chi connectivity index (χ3n) is 8.47. The van der Waals surface area contributed by atoms with Gasteiger partial charge in [-0.15, -0.1) is 11.3 Å². The molecule has 0 aromatic carbocycles. The molecule has 2 heterocycles. The summed E-state index contributed by atoms with van der Waals surface area (Å²) in [4.78, 5) is 85.0. The minimum atomic E-state index is -1.03. The minimum absolute atomic E-state index is 0.0492. The summed E-state index contributed by atoms with van der Waals surface area (Å²) in [5.74, 6) is -2.81. The molecule has 1 aliphatic carbocycles. The van der Waals surface area contributed by atoms with Crippen LogP contribution in [0.3, 0.4) is 0 Å². The third-order valence-corrected chi connectivity index (χ3v) is 9.26. The third kappa shape index (κ3) is 8.64. The Hall–Kier alpha value is -3.35. The molecular formula is C31H48N6O6S. The second-order valence-corrected chi connectivity index (χ2v) is 14.6. The zero-order valence-electron chi connectivity index (χ0n) is 27.1. The number of hydrogen-bond donors (Lipinski definition) is 4. The van der Waals surface area contributed by atoms with Crippen LogP contribution in [0, 0.1) is 29.1 Å². The summed E-state index contributed by atoms with van der Waals surface area (Å²) in [5.41, 5.74) is -0.748. The smallest absolute Gasteiger partial charge is 0.316 e. The van der Waals surface area contributed by atoms with Crippen molar-refractivity contribution in [1.82, 2.24) is 31.2 Å². The molecule has 244 valence electrons. The van der Waals surface area contributed by atoms with Crippen LogP contribution >= 0.6 is 11.3 Å². The molecule has 3 rings (SSSR count). The predicted molar refractivity (Wildman–Crippen MR) is 167 cm³/mol. The molecule has 5 atom stereocenters. The Morgan fingerprint density at radius 3 is 2.16 bits per heavy atom. The van der Waals surface area contributed by atoms with Crippen LogP contribution in [-0.2, 0) is 19.2 Å². The van der Waals surface area contributed by atoms with E-state index in [2.05, 4.69) is 26.3 Å². The van der Waals surface area contributed by atoms with Gasteiger partial charge in [0.25, 0.3) is 5.91 Å². The zero-order chi connectivity index (χ0) is 32.9. The molecule has 1 aliphatic heterocycles. The average Bonchev–Trinajstić information content (AvgIpc) is 3.40. The molecule has 2 fully saturated rings. The molecule has 13 heteroatoms. The summed E-state index contributed by atoms with van der Waals surface area (Å²) in [6.07, 6.45) is 4.33. The SMILES string of the molecule is CNC(=O)C(=O)C(CC1CC1)NC(=O)[C@@H]1[C@@H](C(C)C)CCN1C(=O)[C@@H](NC(=O)N[C@H](C(=O)c1nccs1)C(C)C)C(C)(C)C. The van der Waals surface area contributed by atoms with Crippen molar-refractivity contribution in [2.24, 2.45) is 29.1 Å². The molecular weight excluding hydrogens is 584 g/mol. The molecule has 1 saturated heterocycles. The molecule has 1 aromatic rings. The second-order valence-electron chi connectivity index (χ2n) is 13.7. The summed E-state index contributed by atoms with van der Waals surface area (Å²) in [5, 5.41) is 12.7. The number of ketones is 2. The van der Waals surface area contributed by atoms with Crippen molar-refractivity contribution in [3.8, 4) is 0 Å². The van der Waals surface area contributed by atoms with E-state index in [4.69, 9.17) is 0 Å². The first-order chi connectivity index (χ1) is 20.6. The van der Waals surface area contributed by atoms with E-state index in [9.17, 15) is 28.8 Å². The number of likely N-dealkylation sites (tertiary alicyclic amines) is 1. The lowest BCUT2D eigenvalue weighted by molar-refractivity contribution is -0.144. The first kappa shape index (κ1) is 35.1. The van der Waals surface area contributed by atoms with Gasteiger partial charge >= 0.3 is 6.03 Å². The number of nitrogens with zero attached hydrogens (tertiary/aromatic N) is 2. The summed E-state index contributed by atoms with van der Waals surface area (Å²) in [6, 6.07) is -4.42. The molecule has 0 radical (unpaired) electrons. The van der Waals surface area contributed by atoms with E-state index in [0.29, 0.717) is 19.4 Å². The Morgan fingerprint density at radius 2 is 1.66 bits per heavy atom. The van der Waals surface area contributed by atoms with Gasteiger partial charge in [-0.25, -0.2) is 9.78 Å². The number of rotatable bonds is 13. The van der Waals surface area contributed by atoms with E-state index < -0.39 is 59.1 Å². The molecule has 1 unspecified atom stereocenters. The fraction of sp³-hybridized carbons (Fsp3) is 0.710. The maximum absolute atomic E-state index is 14.2. The molecule has 12 nitrogen and oxygen atoms in total. The summed E-state index contributed by atoms with van der Waals surface area (Å²) < 4.78 is 0. The van der Waals surface area contributed by atoms with Gasteiger partial charge in [-0.3, -0.25) is 24.0 Å². The van der Waals surface area contributed by atoms with Crippen LogP contribution in [0.5, 0.6) is 0 Å². The molecule has 4 N–H and O–H groups in total. The highest BCUT2D eigenvalue weighted by atomic mass is 32.1. The quantitative estimate of drug-likeness (QED) is 0.192. The Balaban J connectivity index is 1.83. The summed E-state index contributed by atoms with van der Waals surface area (Å²) >= 11 is 1.19. The lowest BCUT2D eigenvalue weighted by Gasteiger charge is -2.37. The van der Waals surface area contributed by atoms with Crippen molar-refractivity contribution in [1.29, 1.82) is 0 Å². The number of urea groups is 1. The van der Waals surface area contributed by atoms with Gasteiger partial charge in [-0.05, 0) is 41.9 Å². The fourth-order valence-corrected chi connectivity index (χ4v) is 6.31. The zero-order valence-corrected chi connectivity index (χ0v) is 27.9. The lowest BCUT2D eigenvalue weighted by Crippen LogP contribution is -2.62. The number of aromatic nitrogens is 1. The number of likely N-dealkylation sites (N-methyl/N-ethyl adjacent to an activating group) is 1. The summed E-state index contributed by atoms with van der Waals surface area (Å²) in [7, 11) is 1.37. The van der Waals surface area contributed by atoms with Crippen LogP contribution < -0.4 is 21.3 Å². The van der Waals surface area contributed by atoms with Crippen molar-refractivity contribution < 1.29 is 28.8 Å². The molecule has 1 aromatic heterocycles. The average molecular weight is 633 g/mol. The van der Waals surface area contributed by atoms with E-state index in [-0.39, 0.29) is 34.5 Å². The van der Waals surface area contributed by atoms with Gasteiger partial charge in [-0.2, -0.15) is 0 Å². The van der Waals surface area contributed by atoms with Crippen molar-refractivity contribution >= 4 is 46.7 Å². The first-order valence-electron chi connectivity index (χ1n) is 15.4. The van der Waals surface area contributed by atoms with E-state index in [1.165, 1.54) is 29.5 Å². The van der Waals surface area contributed by atoms with Crippen LogP contribution in [0.25, 0.3) is 0 Å². The molecule has 44 heavy (non-hydrogen) atoms. The van der Waals surface area contributed by atoms with Crippen LogP contribution in [0.1, 0.15) is 84.0 Å². The Bertz CT molecular complexity index is 1220. The number of carbonyl (C=O) groups is 6. The van der Waals surface area contributed by atoms with Crippen LogP contribution in [-0.4, -0.2) is 83.0 Å².